The molecule has 2 atom stereocenters. The van der Waals surface area contributed by atoms with Crippen molar-refractivity contribution in [3.63, 3.8) is 0 Å². The molecular weight excluding hydrogens is 196 g/mol. The third-order valence-corrected chi connectivity index (χ3v) is 2.83. The molecule has 0 amide bonds. The lowest BCUT2D eigenvalue weighted by molar-refractivity contribution is -0.159. The predicted octanol–water partition coefficient (Wildman–Crippen LogP) is 1.12. The molecule has 4 nitrogen and oxygen atoms in total. The fraction of sp³-hybridized carbons (Fsp3) is 0.909. The molecule has 1 saturated heterocycles. The summed E-state index contributed by atoms with van der Waals surface area (Å²) in [4.78, 5) is 11.7. The van der Waals surface area contributed by atoms with Crippen molar-refractivity contribution in [2.75, 3.05) is 19.8 Å². The first kappa shape index (κ1) is 12.5. The number of hydrogen-bond acceptors (Lipinski definition) is 4. The summed E-state index contributed by atoms with van der Waals surface area (Å²) in [5.74, 6) is -0.739. The Morgan fingerprint density at radius 2 is 2.33 bits per heavy atom. The Morgan fingerprint density at radius 1 is 1.60 bits per heavy atom. The van der Waals surface area contributed by atoms with Gasteiger partial charge >= 0.3 is 5.97 Å². The zero-order valence-corrected chi connectivity index (χ0v) is 9.49. The second-order valence-electron chi connectivity index (χ2n) is 4.00. The van der Waals surface area contributed by atoms with Crippen molar-refractivity contribution >= 4 is 5.97 Å². The molecule has 0 radical (unpaired) electrons. The van der Waals surface area contributed by atoms with Gasteiger partial charge < -0.3 is 14.6 Å². The standard InChI is InChI=1S/C11H20O4/c1-3-5-9(10(12)15-4-2)11(13)6-7-14-8-11/h9,13H,3-8H2,1-2H3. The highest BCUT2D eigenvalue weighted by Crippen LogP contribution is 2.31. The molecule has 0 aromatic carbocycles. The molecule has 88 valence electrons. The maximum absolute atomic E-state index is 11.7. The lowest BCUT2D eigenvalue weighted by Crippen LogP contribution is -2.43. The average Bonchev–Trinajstić information content (AvgIpc) is 2.62. The van der Waals surface area contributed by atoms with Crippen LogP contribution in [0.1, 0.15) is 33.1 Å². The normalized spacial score (nSPS) is 27.7. The first-order chi connectivity index (χ1) is 7.14. The quantitative estimate of drug-likeness (QED) is 0.700. The largest absolute Gasteiger partial charge is 0.466 e. The van der Waals surface area contributed by atoms with E-state index in [2.05, 4.69) is 0 Å². The average molecular weight is 216 g/mol. The van der Waals surface area contributed by atoms with Crippen LogP contribution in [-0.4, -0.2) is 36.5 Å². The molecule has 1 fully saturated rings. The Labute approximate surface area is 90.6 Å². The van der Waals surface area contributed by atoms with Crippen LogP contribution in [0.2, 0.25) is 0 Å². The summed E-state index contributed by atoms with van der Waals surface area (Å²) in [5.41, 5.74) is -1.01. The zero-order valence-electron chi connectivity index (χ0n) is 9.49. The summed E-state index contributed by atoms with van der Waals surface area (Å²) in [6.45, 7) is 4.89. The van der Waals surface area contributed by atoms with Gasteiger partial charge in [-0.3, -0.25) is 4.79 Å². The van der Waals surface area contributed by atoms with Crippen LogP contribution >= 0.6 is 0 Å². The van der Waals surface area contributed by atoms with E-state index in [-0.39, 0.29) is 12.6 Å². The molecular formula is C11H20O4. The monoisotopic (exact) mass is 216 g/mol. The van der Waals surface area contributed by atoms with Crippen molar-refractivity contribution in [1.82, 2.24) is 0 Å². The molecule has 1 aliphatic rings. The van der Waals surface area contributed by atoms with Gasteiger partial charge in [-0.15, -0.1) is 0 Å². The fourth-order valence-electron chi connectivity index (χ4n) is 1.98. The number of hydrogen-bond donors (Lipinski definition) is 1. The molecule has 0 bridgehead atoms. The molecule has 1 rings (SSSR count). The summed E-state index contributed by atoms with van der Waals surface area (Å²) < 4.78 is 10.1. The first-order valence-corrected chi connectivity index (χ1v) is 5.60. The van der Waals surface area contributed by atoms with Gasteiger partial charge in [0.25, 0.3) is 0 Å². The highest BCUT2D eigenvalue weighted by molar-refractivity contribution is 5.74. The molecule has 0 aliphatic carbocycles. The number of carbonyl (C=O) groups is 1. The molecule has 0 aromatic heterocycles. The Bertz CT molecular complexity index is 209. The van der Waals surface area contributed by atoms with Gasteiger partial charge in [0.2, 0.25) is 0 Å². The van der Waals surface area contributed by atoms with Gasteiger partial charge in [-0.1, -0.05) is 13.3 Å². The number of ether oxygens (including phenoxy) is 2. The molecule has 4 heteroatoms. The topological polar surface area (TPSA) is 55.8 Å². The third kappa shape index (κ3) is 2.92. The summed E-state index contributed by atoms with van der Waals surface area (Å²) in [6.07, 6.45) is 2.03. The van der Waals surface area contributed by atoms with Crippen LogP contribution in [0.3, 0.4) is 0 Å². The Morgan fingerprint density at radius 3 is 2.80 bits per heavy atom. The van der Waals surface area contributed by atoms with E-state index >= 15 is 0 Å². The van der Waals surface area contributed by atoms with E-state index in [1.165, 1.54) is 0 Å². The van der Waals surface area contributed by atoms with E-state index in [0.717, 1.165) is 6.42 Å². The first-order valence-electron chi connectivity index (χ1n) is 5.60. The van der Waals surface area contributed by atoms with Crippen molar-refractivity contribution < 1.29 is 19.4 Å². The second-order valence-corrected chi connectivity index (χ2v) is 4.00. The summed E-state index contributed by atoms with van der Waals surface area (Å²) in [5, 5.41) is 10.3. The SMILES string of the molecule is CCCC(C(=O)OCC)C1(O)CCOC1. The maximum Gasteiger partial charge on any atom is 0.311 e. The predicted molar refractivity (Wildman–Crippen MR) is 55.4 cm³/mol. The molecule has 0 spiro atoms. The highest BCUT2D eigenvalue weighted by Gasteiger charge is 2.44. The Kier molecular flexibility index (Phi) is 4.54. The number of esters is 1. The Balaban J connectivity index is 2.67. The van der Waals surface area contributed by atoms with Gasteiger partial charge in [0.05, 0.1) is 19.1 Å². The van der Waals surface area contributed by atoms with Crippen molar-refractivity contribution in [3.05, 3.63) is 0 Å². The summed E-state index contributed by atoms with van der Waals surface area (Å²) in [6, 6.07) is 0. The van der Waals surface area contributed by atoms with E-state index in [4.69, 9.17) is 9.47 Å². The Hall–Kier alpha value is -0.610. The van der Waals surface area contributed by atoms with E-state index in [9.17, 15) is 9.90 Å². The summed E-state index contributed by atoms with van der Waals surface area (Å²) in [7, 11) is 0. The van der Waals surface area contributed by atoms with Crippen LogP contribution < -0.4 is 0 Å². The lowest BCUT2D eigenvalue weighted by Gasteiger charge is -2.29. The minimum absolute atomic E-state index is 0.247. The minimum Gasteiger partial charge on any atom is -0.466 e. The van der Waals surface area contributed by atoms with Gasteiger partial charge in [-0.25, -0.2) is 0 Å². The molecule has 1 N–H and O–H groups in total. The van der Waals surface area contributed by atoms with Crippen LogP contribution in [0.4, 0.5) is 0 Å². The molecule has 0 saturated carbocycles. The zero-order chi connectivity index (χ0) is 11.3. The summed E-state index contributed by atoms with van der Waals surface area (Å²) >= 11 is 0. The van der Waals surface area contributed by atoms with Gasteiger partial charge in [0.15, 0.2) is 0 Å². The van der Waals surface area contributed by atoms with Crippen molar-refractivity contribution in [2.45, 2.75) is 38.7 Å². The van der Waals surface area contributed by atoms with E-state index in [0.29, 0.717) is 26.1 Å². The molecule has 1 aliphatic heterocycles. The van der Waals surface area contributed by atoms with E-state index in [1.54, 1.807) is 6.92 Å². The van der Waals surface area contributed by atoms with Crippen LogP contribution in [-0.2, 0) is 14.3 Å². The minimum atomic E-state index is -1.01. The second kappa shape index (κ2) is 5.47. The smallest absolute Gasteiger partial charge is 0.311 e. The fourth-order valence-corrected chi connectivity index (χ4v) is 1.98. The molecule has 2 unspecified atom stereocenters. The van der Waals surface area contributed by atoms with Gasteiger partial charge in [-0.05, 0) is 13.3 Å². The van der Waals surface area contributed by atoms with Crippen molar-refractivity contribution in [3.8, 4) is 0 Å². The van der Waals surface area contributed by atoms with E-state index < -0.39 is 11.5 Å². The molecule has 15 heavy (non-hydrogen) atoms. The number of aliphatic hydroxyl groups is 1. The van der Waals surface area contributed by atoms with E-state index in [1.807, 2.05) is 6.92 Å². The molecule has 1 heterocycles. The van der Waals surface area contributed by atoms with Crippen LogP contribution in [0.15, 0.2) is 0 Å². The maximum atomic E-state index is 11.7. The van der Waals surface area contributed by atoms with Crippen molar-refractivity contribution in [1.29, 1.82) is 0 Å². The van der Waals surface area contributed by atoms with Gasteiger partial charge in [0.1, 0.15) is 5.60 Å². The van der Waals surface area contributed by atoms with Gasteiger partial charge in [0, 0.05) is 13.0 Å². The van der Waals surface area contributed by atoms with Gasteiger partial charge in [-0.2, -0.15) is 0 Å². The number of carbonyl (C=O) groups excluding carboxylic acids is 1. The highest BCUT2D eigenvalue weighted by atomic mass is 16.5. The third-order valence-electron chi connectivity index (χ3n) is 2.83. The molecule has 0 aromatic rings. The van der Waals surface area contributed by atoms with Crippen LogP contribution in [0.25, 0.3) is 0 Å². The lowest BCUT2D eigenvalue weighted by atomic mass is 9.83. The number of rotatable bonds is 5. The van der Waals surface area contributed by atoms with Crippen LogP contribution in [0, 0.1) is 5.92 Å². The van der Waals surface area contributed by atoms with Crippen molar-refractivity contribution in [2.24, 2.45) is 5.92 Å². The van der Waals surface area contributed by atoms with Crippen LogP contribution in [0.5, 0.6) is 0 Å².